The lowest BCUT2D eigenvalue weighted by Crippen LogP contribution is -1.96. The fraction of sp³-hybridized carbons (Fsp3) is 0.438. The van der Waals surface area contributed by atoms with Crippen molar-refractivity contribution in [3.05, 3.63) is 41.6 Å². The van der Waals surface area contributed by atoms with Crippen LogP contribution in [0.5, 0.6) is 5.88 Å². The second kappa shape index (κ2) is 6.41. The number of para-hydroxylation sites is 1. The Bertz CT molecular complexity index is 517. The van der Waals surface area contributed by atoms with Crippen molar-refractivity contribution < 1.29 is 5.11 Å². The largest absolute Gasteiger partial charge is 0.493 e. The van der Waals surface area contributed by atoms with Crippen LogP contribution in [-0.2, 0) is 12.8 Å². The zero-order valence-electron chi connectivity index (χ0n) is 11.8. The molecule has 1 N–H and O–H groups in total. The first-order valence-corrected chi connectivity index (χ1v) is 7.13. The van der Waals surface area contributed by atoms with Crippen LogP contribution >= 0.6 is 0 Å². The number of benzene rings is 1. The van der Waals surface area contributed by atoms with Crippen molar-refractivity contribution in [3.8, 4) is 11.6 Å². The van der Waals surface area contributed by atoms with Crippen LogP contribution < -0.4 is 0 Å². The summed E-state index contributed by atoms with van der Waals surface area (Å²) >= 11 is 0. The molecule has 0 radical (unpaired) electrons. The summed E-state index contributed by atoms with van der Waals surface area (Å²) in [5.74, 6) is 0.308. The average molecular weight is 258 g/mol. The Morgan fingerprint density at radius 2 is 1.79 bits per heavy atom. The number of aromatic nitrogens is 2. The molecule has 2 rings (SSSR count). The van der Waals surface area contributed by atoms with Crippen LogP contribution in [0.3, 0.4) is 0 Å². The first kappa shape index (κ1) is 13.7. The van der Waals surface area contributed by atoms with E-state index >= 15 is 0 Å². The zero-order valence-corrected chi connectivity index (χ0v) is 11.8. The van der Waals surface area contributed by atoms with Crippen LogP contribution in [-0.4, -0.2) is 14.9 Å². The van der Waals surface area contributed by atoms with Crippen molar-refractivity contribution >= 4 is 0 Å². The van der Waals surface area contributed by atoms with E-state index in [1.807, 2.05) is 30.3 Å². The molecule has 0 saturated heterocycles. The van der Waals surface area contributed by atoms with Gasteiger partial charge in [-0.15, -0.1) is 0 Å². The lowest BCUT2D eigenvalue weighted by Gasteiger charge is -2.03. The maximum Gasteiger partial charge on any atom is 0.217 e. The fourth-order valence-corrected chi connectivity index (χ4v) is 2.28. The quantitative estimate of drug-likeness (QED) is 0.854. The van der Waals surface area contributed by atoms with Gasteiger partial charge < -0.3 is 5.11 Å². The van der Waals surface area contributed by atoms with E-state index in [-0.39, 0.29) is 0 Å². The third-order valence-electron chi connectivity index (χ3n) is 3.31. The van der Waals surface area contributed by atoms with Crippen molar-refractivity contribution in [3.63, 3.8) is 0 Å². The monoisotopic (exact) mass is 258 g/mol. The van der Waals surface area contributed by atoms with Gasteiger partial charge >= 0.3 is 0 Å². The molecule has 102 valence electrons. The highest BCUT2D eigenvalue weighted by Gasteiger charge is 2.16. The first-order chi connectivity index (χ1) is 9.27. The molecule has 0 atom stereocenters. The Balaban J connectivity index is 2.40. The summed E-state index contributed by atoms with van der Waals surface area (Å²) in [5, 5.41) is 15.0. The lowest BCUT2D eigenvalue weighted by molar-refractivity contribution is 0.427. The smallest absolute Gasteiger partial charge is 0.217 e. The maximum atomic E-state index is 10.4. The Labute approximate surface area is 114 Å². The second-order valence-corrected chi connectivity index (χ2v) is 4.85. The van der Waals surface area contributed by atoms with Gasteiger partial charge in [-0.3, -0.25) is 0 Å². The molecule has 0 saturated carbocycles. The topological polar surface area (TPSA) is 38.0 Å². The molecular weight excluding hydrogens is 236 g/mol. The summed E-state index contributed by atoms with van der Waals surface area (Å²) in [4.78, 5) is 0. The van der Waals surface area contributed by atoms with Gasteiger partial charge in [0.05, 0.1) is 11.4 Å². The summed E-state index contributed by atoms with van der Waals surface area (Å²) in [7, 11) is 0. The summed E-state index contributed by atoms with van der Waals surface area (Å²) < 4.78 is 1.66. The highest BCUT2D eigenvalue weighted by molar-refractivity contribution is 5.40. The number of unbranched alkanes of at least 4 members (excludes halogenated alkanes) is 1. The highest BCUT2D eigenvalue weighted by Crippen LogP contribution is 2.27. The molecule has 0 unspecified atom stereocenters. The van der Waals surface area contributed by atoms with Gasteiger partial charge in [0, 0.05) is 5.56 Å². The molecule has 1 aromatic carbocycles. The van der Waals surface area contributed by atoms with Gasteiger partial charge in [-0.1, -0.05) is 44.9 Å². The molecule has 3 nitrogen and oxygen atoms in total. The van der Waals surface area contributed by atoms with Gasteiger partial charge in [-0.2, -0.15) is 5.10 Å². The van der Waals surface area contributed by atoms with Crippen LogP contribution in [0, 0.1) is 0 Å². The van der Waals surface area contributed by atoms with E-state index in [1.165, 1.54) is 0 Å². The molecule has 0 aliphatic heterocycles. The summed E-state index contributed by atoms with van der Waals surface area (Å²) in [6.45, 7) is 4.31. The molecule has 0 spiro atoms. The number of aromatic hydroxyl groups is 1. The number of rotatable bonds is 6. The predicted octanol–water partition coefficient (Wildman–Crippen LogP) is 3.87. The van der Waals surface area contributed by atoms with E-state index < -0.39 is 0 Å². The SMILES string of the molecule is CCCCc1c(CCC)nn(-c2ccccc2)c1O. The Hall–Kier alpha value is -1.77. The first-order valence-electron chi connectivity index (χ1n) is 7.13. The second-order valence-electron chi connectivity index (χ2n) is 4.85. The van der Waals surface area contributed by atoms with Crippen molar-refractivity contribution in [2.24, 2.45) is 0 Å². The fourth-order valence-electron chi connectivity index (χ4n) is 2.28. The molecule has 1 aromatic heterocycles. The Kier molecular flexibility index (Phi) is 4.61. The number of hydrogen-bond donors (Lipinski definition) is 1. The van der Waals surface area contributed by atoms with Gasteiger partial charge in [-0.25, -0.2) is 4.68 Å². The molecule has 19 heavy (non-hydrogen) atoms. The van der Waals surface area contributed by atoms with Crippen molar-refractivity contribution in [1.82, 2.24) is 9.78 Å². The standard InChI is InChI=1S/C16H22N2O/c1-3-5-12-14-15(9-4-2)17-18(16(14)19)13-10-7-6-8-11-13/h6-8,10-11,19H,3-5,9,12H2,1-2H3. The number of nitrogens with zero attached hydrogens (tertiary/aromatic N) is 2. The maximum absolute atomic E-state index is 10.4. The third kappa shape index (κ3) is 2.98. The van der Waals surface area contributed by atoms with E-state index in [0.29, 0.717) is 5.88 Å². The molecule has 0 amide bonds. The molecule has 3 heteroatoms. The van der Waals surface area contributed by atoms with Crippen LogP contribution in [0.1, 0.15) is 44.4 Å². The molecule has 0 aliphatic carbocycles. The third-order valence-corrected chi connectivity index (χ3v) is 3.31. The normalized spacial score (nSPS) is 10.8. The van der Waals surface area contributed by atoms with E-state index in [1.54, 1.807) is 4.68 Å². The van der Waals surface area contributed by atoms with Gasteiger partial charge in [0.1, 0.15) is 0 Å². The van der Waals surface area contributed by atoms with Crippen LogP contribution in [0.2, 0.25) is 0 Å². The zero-order chi connectivity index (χ0) is 13.7. The predicted molar refractivity (Wildman–Crippen MR) is 77.8 cm³/mol. The highest BCUT2D eigenvalue weighted by atomic mass is 16.3. The van der Waals surface area contributed by atoms with Crippen molar-refractivity contribution in [2.45, 2.75) is 46.0 Å². The van der Waals surface area contributed by atoms with Crippen molar-refractivity contribution in [1.29, 1.82) is 0 Å². The summed E-state index contributed by atoms with van der Waals surface area (Å²) in [6.07, 6.45) is 5.09. The van der Waals surface area contributed by atoms with Crippen LogP contribution in [0.15, 0.2) is 30.3 Å². The van der Waals surface area contributed by atoms with Gasteiger partial charge in [0.25, 0.3) is 0 Å². The molecule has 1 heterocycles. The van der Waals surface area contributed by atoms with Crippen LogP contribution in [0.25, 0.3) is 5.69 Å². The lowest BCUT2D eigenvalue weighted by atomic mass is 10.1. The Morgan fingerprint density at radius 3 is 2.42 bits per heavy atom. The van der Waals surface area contributed by atoms with Crippen molar-refractivity contribution in [2.75, 3.05) is 0 Å². The minimum atomic E-state index is 0.308. The van der Waals surface area contributed by atoms with Gasteiger partial charge in [0.2, 0.25) is 5.88 Å². The summed E-state index contributed by atoms with van der Waals surface area (Å²) in [5.41, 5.74) is 2.98. The summed E-state index contributed by atoms with van der Waals surface area (Å²) in [6, 6.07) is 9.82. The average Bonchev–Trinajstić information content (AvgIpc) is 2.75. The van der Waals surface area contributed by atoms with E-state index in [9.17, 15) is 5.11 Å². The minimum Gasteiger partial charge on any atom is -0.493 e. The minimum absolute atomic E-state index is 0.308. The molecule has 2 aromatic rings. The van der Waals surface area contributed by atoms with Crippen LogP contribution in [0.4, 0.5) is 0 Å². The molecule has 0 bridgehead atoms. The van der Waals surface area contributed by atoms with Gasteiger partial charge in [0.15, 0.2) is 0 Å². The Morgan fingerprint density at radius 1 is 1.05 bits per heavy atom. The van der Waals surface area contributed by atoms with E-state index in [2.05, 4.69) is 18.9 Å². The number of hydrogen-bond acceptors (Lipinski definition) is 2. The molecule has 0 aliphatic rings. The van der Waals surface area contributed by atoms with E-state index in [0.717, 1.165) is 49.0 Å². The molecule has 0 fully saturated rings. The number of aryl methyl sites for hydroxylation is 1. The van der Waals surface area contributed by atoms with Gasteiger partial charge in [-0.05, 0) is 31.4 Å². The van der Waals surface area contributed by atoms with E-state index in [4.69, 9.17) is 0 Å². The molecular formula is C16H22N2O.